The van der Waals surface area contributed by atoms with Gasteiger partial charge in [0, 0.05) is 0 Å². The Hall–Kier alpha value is -1.31. The standard InChI is InChI=1S/C8H10.C2H4O2/c1-7-5-3-4-6-8(7)2;1-4-2-3/h3-6H,1-2H3;2H,1H3. The maximum Gasteiger partial charge on any atom is 0.292 e. The van der Waals surface area contributed by atoms with Crippen LogP contribution in [0.3, 0.4) is 0 Å². The minimum Gasteiger partial charge on any atom is -0.471 e. The molecule has 0 amide bonds. The molecule has 0 atom stereocenters. The SMILES string of the molecule is COC=O.Cc1ccccc1C. The van der Waals surface area contributed by atoms with Crippen LogP contribution in [0.25, 0.3) is 0 Å². The third-order valence-electron chi connectivity index (χ3n) is 1.52. The average molecular weight is 166 g/mol. The van der Waals surface area contributed by atoms with Gasteiger partial charge in [-0.3, -0.25) is 4.79 Å². The molecule has 12 heavy (non-hydrogen) atoms. The smallest absolute Gasteiger partial charge is 0.292 e. The van der Waals surface area contributed by atoms with Gasteiger partial charge in [0.05, 0.1) is 7.11 Å². The number of ether oxygens (including phenoxy) is 1. The molecule has 1 rings (SSSR count). The molecule has 0 N–H and O–H groups in total. The molecule has 0 spiro atoms. The van der Waals surface area contributed by atoms with Gasteiger partial charge in [-0.2, -0.15) is 0 Å². The van der Waals surface area contributed by atoms with Gasteiger partial charge in [0.25, 0.3) is 6.47 Å². The van der Waals surface area contributed by atoms with Crippen LogP contribution in [0, 0.1) is 13.8 Å². The second-order valence-corrected chi connectivity index (χ2v) is 2.42. The van der Waals surface area contributed by atoms with E-state index in [1.165, 1.54) is 18.2 Å². The van der Waals surface area contributed by atoms with Crippen molar-refractivity contribution in [3.63, 3.8) is 0 Å². The van der Waals surface area contributed by atoms with Crippen molar-refractivity contribution < 1.29 is 9.53 Å². The topological polar surface area (TPSA) is 26.3 Å². The van der Waals surface area contributed by atoms with Crippen LogP contribution in [0.4, 0.5) is 0 Å². The highest BCUT2D eigenvalue weighted by Gasteiger charge is 1.83. The molecule has 0 aliphatic carbocycles. The van der Waals surface area contributed by atoms with E-state index in [-0.39, 0.29) is 0 Å². The molecule has 1 aromatic rings. The third kappa shape index (κ3) is 4.50. The molecule has 0 aromatic heterocycles. The van der Waals surface area contributed by atoms with Gasteiger partial charge in [-0.25, -0.2) is 0 Å². The van der Waals surface area contributed by atoms with Crippen molar-refractivity contribution in [2.75, 3.05) is 7.11 Å². The van der Waals surface area contributed by atoms with E-state index in [0.29, 0.717) is 6.47 Å². The van der Waals surface area contributed by atoms with Crippen molar-refractivity contribution in [1.29, 1.82) is 0 Å². The molecule has 0 bridgehead atoms. The van der Waals surface area contributed by atoms with Gasteiger partial charge in [-0.15, -0.1) is 0 Å². The van der Waals surface area contributed by atoms with Crippen LogP contribution in [0.2, 0.25) is 0 Å². The lowest BCUT2D eigenvalue weighted by Gasteiger charge is -1.93. The van der Waals surface area contributed by atoms with Crippen LogP contribution < -0.4 is 0 Å². The van der Waals surface area contributed by atoms with E-state index >= 15 is 0 Å². The van der Waals surface area contributed by atoms with Crippen LogP contribution in [-0.2, 0) is 9.53 Å². The monoisotopic (exact) mass is 166 g/mol. The summed E-state index contributed by atoms with van der Waals surface area (Å²) in [6, 6.07) is 8.36. The van der Waals surface area contributed by atoms with E-state index in [1.54, 1.807) is 0 Å². The highest BCUT2D eigenvalue weighted by atomic mass is 16.5. The molecule has 2 nitrogen and oxygen atoms in total. The van der Waals surface area contributed by atoms with Crippen LogP contribution in [-0.4, -0.2) is 13.6 Å². The Morgan fingerprint density at radius 3 is 1.67 bits per heavy atom. The number of aryl methyl sites for hydroxylation is 2. The molecule has 0 saturated carbocycles. The molecule has 0 heterocycles. The van der Waals surface area contributed by atoms with Crippen LogP contribution in [0.15, 0.2) is 24.3 Å². The van der Waals surface area contributed by atoms with Crippen molar-refractivity contribution >= 4 is 6.47 Å². The Balaban J connectivity index is 0.000000261. The Bertz CT molecular complexity index is 210. The molecule has 2 heteroatoms. The maximum absolute atomic E-state index is 8.95. The lowest BCUT2D eigenvalue weighted by molar-refractivity contribution is -0.126. The summed E-state index contributed by atoms with van der Waals surface area (Å²) in [5.74, 6) is 0. The molecule has 1 aromatic carbocycles. The minimum atomic E-state index is 0.375. The quantitative estimate of drug-likeness (QED) is 0.597. The minimum absolute atomic E-state index is 0.375. The summed E-state index contributed by atoms with van der Waals surface area (Å²) in [6.45, 7) is 4.62. The molecule has 0 saturated heterocycles. The number of rotatable bonds is 1. The largest absolute Gasteiger partial charge is 0.471 e. The van der Waals surface area contributed by atoms with Gasteiger partial charge in [0.15, 0.2) is 0 Å². The molecule has 66 valence electrons. The first-order valence-electron chi connectivity index (χ1n) is 3.71. The Kier molecular flexibility index (Phi) is 5.70. The number of carbonyl (C=O) groups excluding carboxylic acids is 1. The fourth-order valence-electron chi connectivity index (χ4n) is 0.663. The summed E-state index contributed by atoms with van der Waals surface area (Å²) in [6.07, 6.45) is 0. The van der Waals surface area contributed by atoms with Crippen molar-refractivity contribution in [3.8, 4) is 0 Å². The predicted molar refractivity (Wildman–Crippen MR) is 49.0 cm³/mol. The number of methoxy groups -OCH3 is 1. The van der Waals surface area contributed by atoms with E-state index in [2.05, 4.69) is 42.8 Å². The summed E-state index contributed by atoms with van der Waals surface area (Å²) in [5, 5.41) is 0. The summed E-state index contributed by atoms with van der Waals surface area (Å²) in [7, 11) is 1.31. The van der Waals surface area contributed by atoms with E-state index in [1.807, 2.05) is 0 Å². The van der Waals surface area contributed by atoms with Crippen molar-refractivity contribution in [3.05, 3.63) is 35.4 Å². The Morgan fingerprint density at radius 1 is 1.17 bits per heavy atom. The summed E-state index contributed by atoms with van der Waals surface area (Å²) in [4.78, 5) is 8.95. The number of hydrogen-bond acceptors (Lipinski definition) is 2. The first kappa shape index (κ1) is 10.7. The molecule has 0 aliphatic rings. The average Bonchev–Trinajstić information content (AvgIpc) is 2.11. The zero-order valence-electron chi connectivity index (χ0n) is 7.70. The highest BCUT2D eigenvalue weighted by molar-refractivity contribution is 5.36. The molecular weight excluding hydrogens is 152 g/mol. The third-order valence-corrected chi connectivity index (χ3v) is 1.52. The van der Waals surface area contributed by atoms with Gasteiger partial charge in [0.2, 0.25) is 0 Å². The van der Waals surface area contributed by atoms with E-state index in [0.717, 1.165) is 0 Å². The zero-order valence-corrected chi connectivity index (χ0v) is 7.70. The van der Waals surface area contributed by atoms with Gasteiger partial charge >= 0.3 is 0 Å². The first-order chi connectivity index (χ1) is 5.72. The van der Waals surface area contributed by atoms with E-state index < -0.39 is 0 Å². The van der Waals surface area contributed by atoms with Gasteiger partial charge in [-0.05, 0) is 25.0 Å². The van der Waals surface area contributed by atoms with Gasteiger partial charge < -0.3 is 4.74 Å². The Labute approximate surface area is 73.2 Å². The van der Waals surface area contributed by atoms with Crippen LogP contribution in [0.5, 0.6) is 0 Å². The predicted octanol–water partition coefficient (Wildman–Crippen LogP) is 2.09. The number of hydrogen-bond donors (Lipinski definition) is 0. The van der Waals surface area contributed by atoms with E-state index in [9.17, 15) is 0 Å². The maximum atomic E-state index is 8.95. The van der Waals surface area contributed by atoms with Crippen molar-refractivity contribution in [1.82, 2.24) is 0 Å². The van der Waals surface area contributed by atoms with Gasteiger partial charge in [0.1, 0.15) is 0 Å². The fraction of sp³-hybridized carbons (Fsp3) is 0.300. The summed E-state index contributed by atoms with van der Waals surface area (Å²) < 4.78 is 3.86. The molecule has 0 radical (unpaired) electrons. The molecular formula is C10H14O2. The number of carbonyl (C=O) groups is 1. The first-order valence-corrected chi connectivity index (χ1v) is 3.71. The zero-order chi connectivity index (χ0) is 9.40. The molecule has 0 fully saturated rings. The summed E-state index contributed by atoms with van der Waals surface area (Å²) >= 11 is 0. The van der Waals surface area contributed by atoms with Crippen LogP contribution in [0.1, 0.15) is 11.1 Å². The number of benzene rings is 1. The second-order valence-electron chi connectivity index (χ2n) is 2.42. The Morgan fingerprint density at radius 2 is 1.50 bits per heavy atom. The second kappa shape index (κ2) is 6.40. The fourth-order valence-corrected chi connectivity index (χ4v) is 0.663. The lowest BCUT2D eigenvalue weighted by Crippen LogP contribution is -1.74. The highest BCUT2D eigenvalue weighted by Crippen LogP contribution is 2.02. The normalized spacial score (nSPS) is 7.92. The lowest BCUT2D eigenvalue weighted by atomic mass is 10.1. The van der Waals surface area contributed by atoms with Gasteiger partial charge in [-0.1, -0.05) is 24.3 Å². The molecule has 0 unspecified atom stereocenters. The van der Waals surface area contributed by atoms with Crippen molar-refractivity contribution in [2.24, 2.45) is 0 Å². The summed E-state index contributed by atoms with van der Waals surface area (Å²) in [5.41, 5.74) is 2.74. The van der Waals surface area contributed by atoms with Crippen LogP contribution >= 0.6 is 0 Å². The molecule has 0 aliphatic heterocycles. The van der Waals surface area contributed by atoms with E-state index in [4.69, 9.17) is 4.79 Å². The van der Waals surface area contributed by atoms with Crippen molar-refractivity contribution in [2.45, 2.75) is 13.8 Å².